The third kappa shape index (κ3) is 2.47. The number of hydrogen-bond acceptors (Lipinski definition) is 2. The van der Waals surface area contributed by atoms with Crippen molar-refractivity contribution in [1.29, 1.82) is 0 Å². The molecule has 0 bridgehead atoms. The van der Waals surface area contributed by atoms with Gasteiger partial charge in [0, 0.05) is 10.9 Å². The number of rotatable bonds is 2. The molecular weight excluding hydrogens is 327 g/mol. The Labute approximate surface area is 147 Å². The molecule has 0 amide bonds. The lowest BCUT2D eigenvalue weighted by Crippen LogP contribution is -2.17. The van der Waals surface area contributed by atoms with Crippen molar-refractivity contribution in [2.75, 3.05) is 0 Å². The molecule has 120 valence electrons. The Kier molecular flexibility index (Phi) is 3.43. The van der Waals surface area contributed by atoms with Crippen molar-refractivity contribution in [1.82, 2.24) is 0 Å². The van der Waals surface area contributed by atoms with E-state index >= 15 is 0 Å². The molecule has 0 fully saturated rings. The molecule has 0 spiro atoms. The quantitative estimate of drug-likeness (QED) is 0.421. The molecule has 0 saturated heterocycles. The first-order valence-electron chi connectivity index (χ1n) is 8.22. The van der Waals surface area contributed by atoms with Crippen LogP contribution >= 0.6 is 8.38 Å². The Hall–Kier alpha value is -2.83. The van der Waals surface area contributed by atoms with E-state index in [1.54, 1.807) is 0 Å². The summed E-state index contributed by atoms with van der Waals surface area (Å²) >= 11 is 0. The smallest absolute Gasteiger partial charge is 0.326 e. The number of para-hydroxylation sites is 1. The lowest BCUT2D eigenvalue weighted by Gasteiger charge is -2.27. The fourth-order valence-electron chi connectivity index (χ4n) is 3.20. The summed E-state index contributed by atoms with van der Waals surface area (Å²) in [5, 5.41) is 3.39. The summed E-state index contributed by atoms with van der Waals surface area (Å²) in [6.45, 7) is 0. The number of benzene rings is 4. The van der Waals surface area contributed by atoms with E-state index in [-0.39, 0.29) is 0 Å². The molecule has 1 atom stereocenters. The van der Waals surface area contributed by atoms with Gasteiger partial charge in [0.05, 0.1) is 5.30 Å². The highest BCUT2D eigenvalue weighted by Gasteiger charge is 2.29. The highest BCUT2D eigenvalue weighted by Crippen LogP contribution is 2.50. The largest absolute Gasteiger partial charge is 0.435 e. The van der Waals surface area contributed by atoms with Gasteiger partial charge in [-0.05, 0) is 29.1 Å². The summed E-state index contributed by atoms with van der Waals surface area (Å²) in [4.78, 5) is 0. The molecule has 0 N–H and O–H groups in total. The lowest BCUT2D eigenvalue weighted by atomic mass is 10.0. The van der Waals surface area contributed by atoms with Crippen LogP contribution in [0.2, 0.25) is 0 Å². The zero-order valence-electron chi connectivity index (χ0n) is 13.4. The lowest BCUT2D eigenvalue weighted by molar-refractivity contribution is 0.503. The van der Waals surface area contributed by atoms with Crippen molar-refractivity contribution in [2.24, 2.45) is 0 Å². The normalized spacial score (nSPS) is 15.1. The maximum atomic E-state index is 6.39. The van der Waals surface area contributed by atoms with Crippen molar-refractivity contribution in [3.05, 3.63) is 91.0 Å². The summed E-state index contributed by atoms with van der Waals surface area (Å²) in [5.41, 5.74) is 2.31. The minimum atomic E-state index is -1.22. The molecule has 1 heterocycles. The maximum Gasteiger partial charge on any atom is 0.326 e. The molecule has 4 aromatic carbocycles. The first kappa shape index (κ1) is 14.5. The van der Waals surface area contributed by atoms with Gasteiger partial charge in [0.1, 0.15) is 11.5 Å². The molecule has 0 aliphatic carbocycles. The van der Waals surface area contributed by atoms with Gasteiger partial charge in [0.25, 0.3) is 0 Å². The van der Waals surface area contributed by atoms with Crippen LogP contribution in [-0.2, 0) is 0 Å². The summed E-state index contributed by atoms with van der Waals surface area (Å²) in [5.74, 6) is 1.74. The third-order valence-corrected chi connectivity index (χ3v) is 5.90. The highest BCUT2D eigenvalue weighted by molar-refractivity contribution is 7.57. The second-order valence-corrected chi connectivity index (χ2v) is 7.29. The second-order valence-electron chi connectivity index (χ2n) is 5.93. The van der Waals surface area contributed by atoms with Crippen LogP contribution in [0.4, 0.5) is 0 Å². The molecule has 2 nitrogen and oxygen atoms in total. The van der Waals surface area contributed by atoms with Crippen LogP contribution in [0, 0.1) is 0 Å². The predicted molar refractivity (Wildman–Crippen MR) is 104 cm³/mol. The minimum Gasteiger partial charge on any atom is -0.435 e. The molecule has 1 unspecified atom stereocenters. The van der Waals surface area contributed by atoms with Gasteiger partial charge < -0.3 is 9.05 Å². The second kappa shape index (κ2) is 5.91. The van der Waals surface area contributed by atoms with Crippen molar-refractivity contribution in [3.8, 4) is 22.6 Å². The van der Waals surface area contributed by atoms with Crippen LogP contribution in [0.25, 0.3) is 21.9 Å². The topological polar surface area (TPSA) is 18.5 Å². The van der Waals surface area contributed by atoms with Gasteiger partial charge in [-0.2, -0.15) is 0 Å². The van der Waals surface area contributed by atoms with Crippen LogP contribution in [0.5, 0.6) is 11.5 Å². The van der Waals surface area contributed by atoms with Crippen LogP contribution in [0.1, 0.15) is 0 Å². The summed E-state index contributed by atoms with van der Waals surface area (Å²) in [6, 6.07) is 30.9. The molecule has 4 aromatic rings. The summed E-state index contributed by atoms with van der Waals surface area (Å²) in [7, 11) is -1.22. The van der Waals surface area contributed by atoms with Gasteiger partial charge in [0.15, 0.2) is 0 Å². The van der Waals surface area contributed by atoms with Gasteiger partial charge in [-0.1, -0.05) is 72.8 Å². The van der Waals surface area contributed by atoms with Crippen LogP contribution in [0.15, 0.2) is 91.0 Å². The maximum absolute atomic E-state index is 6.39. The fraction of sp³-hybridized carbons (Fsp3) is 0. The Bertz CT molecular complexity index is 1070. The van der Waals surface area contributed by atoms with Crippen LogP contribution < -0.4 is 14.4 Å². The average molecular weight is 342 g/mol. The van der Waals surface area contributed by atoms with E-state index in [1.165, 1.54) is 10.9 Å². The fourth-order valence-corrected chi connectivity index (χ4v) is 4.71. The van der Waals surface area contributed by atoms with E-state index in [0.717, 1.165) is 27.8 Å². The first-order valence-corrected chi connectivity index (χ1v) is 9.40. The molecule has 0 aromatic heterocycles. The zero-order valence-corrected chi connectivity index (χ0v) is 14.3. The predicted octanol–water partition coefficient (Wildman–Crippen LogP) is 5.92. The molecule has 0 radical (unpaired) electrons. The third-order valence-electron chi connectivity index (χ3n) is 4.39. The summed E-state index contributed by atoms with van der Waals surface area (Å²) < 4.78 is 12.6. The standard InChI is InChI=1S/C22H15O2P/c1-2-10-17-16(8-1)9-7-14-20(17)23-25-22-15-6-4-12-19(22)18-11-3-5-13-21(18)24-25/h1-15H. The van der Waals surface area contributed by atoms with Crippen LogP contribution in [0.3, 0.4) is 0 Å². The van der Waals surface area contributed by atoms with Crippen molar-refractivity contribution >= 4 is 24.5 Å². The zero-order chi connectivity index (χ0) is 16.6. The molecular formula is C22H15O2P. The van der Waals surface area contributed by atoms with E-state index in [4.69, 9.17) is 9.05 Å². The Balaban J connectivity index is 1.61. The molecule has 3 heteroatoms. The van der Waals surface area contributed by atoms with Gasteiger partial charge in [-0.25, -0.2) is 0 Å². The molecule has 0 saturated carbocycles. The first-order chi connectivity index (χ1) is 12.4. The Morgan fingerprint density at radius 3 is 2.32 bits per heavy atom. The number of hydrogen-bond donors (Lipinski definition) is 0. The Morgan fingerprint density at radius 1 is 0.640 bits per heavy atom. The van der Waals surface area contributed by atoms with Crippen molar-refractivity contribution in [2.45, 2.75) is 0 Å². The molecule has 25 heavy (non-hydrogen) atoms. The van der Waals surface area contributed by atoms with E-state index in [9.17, 15) is 0 Å². The van der Waals surface area contributed by atoms with Crippen molar-refractivity contribution in [3.63, 3.8) is 0 Å². The average Bonchev–Trinajstić information content (AvgIpc) is 2.68. The summed E-state index contributed by atoms with van der Waals surface area (Å²) in [6.07, 6.45) is 0. The molecule has 5 rings (SSSR count). The van der Waals surface area contributed by atoms with Gasteiger partial charge in [-0.3, -0.25) is 0 Å². The number of fused-ring (bicyclic) bond motifs is 4. The van der Waals surface area contributed by atoms with Crippen molar-refractivity contribution < 1.29 is 9.05 Å². The minimum absolute atomic E-state index is 0.860. The Morgan fingerprint density at radius 2 is 1.36 bits per heavy atom. The van der Waals surface area contributed by atoms with Gasteiger partial charge >= 0.3 is 8.38 Å². The van der Waals surface area contributed by atoms with Crippen LogP contribution in [-0.4, -0.2) is 0 Å². The highest BCUT2D eigenvalue weighted by atomic mass is 31.2. The van der Waals surface area contributed by atoms with E-state index in [0.29, 0.717) is 0 Å². The van der Waals surface area contributed by atoms with E-state index < -0.39 is 8.38 Å². The van der Waals surface area contributed by atoms with E-state index in [2.05, 4.69) is 42.5 Å². The SMILES string of the molecule is c1ccc2c(c1)OP(Oc1cccc3ccccc13)c1ccccc1-2. The molecule has 1 aliphatic heterocycles. The van der Waals surface area contributed by atoms with Gasteiger partial charge in [-0.15, -0.1) is 0 Å². The monoisotopic (exact) mass is 342 g/mol. The van der Waals surface area contributed by atoms with Gasteiger partial charge in [0.2, 0.25) is 0 Å². The van der Waals surface area contributed by atoms with E-state index in [1.807, 2.05) is 48.5 Å². The molecule has 1 aliphatic rings.